The molecular formula is C44H15AlF15N5O2. The third-order valence-corrected chi connectivity index (χ3v) is 10.1. The van der Waals surface area contributed by atoms with Crippen molar-refractivity contribution in [2.45, 2.75) is 12.8 Å². The number of fused-ring (bicyclic) bond motifs is 9. The minimum Gasteiger partial charge on any atom is -0.664 e. The molecule has 0 N–H and O–H groups in total. The van der Waals surface area contributed by atoms with Gasteiger partial charge in [-0.1, -0.05) is 18.2 Å². The number of nitrogens with zero attached hydrogens (tertiary/aromatic N) is 5. The Hall–Kier alpha value is -7.38. The third-order valence-electron chi connectivity index (χ3n) is 10.1. The molecule has 3 aromatic carbocycles. The van der Waals surface area contributed by atoms with Crippen molar-refractivity contribution in [3.63, 3.8) is 0 Å². The van der Waals surface area contributed by atoms with Crippen molar-refractivity contribution in [3.05, 3.63) is 164 Å². The number of rotatable bonds is 5. The molecule has 23 heteroatoms. The Morgan fingerprint density at radius 2 is 0.731 bits per heavy atom. The van der Waals surface area contributed by atoms with Crippen molar-refractivity contribution in [3.8, 4) is 33.4 Å². The first-order chi connectivity index (χ1) is 31.4. The summed E-state index contributed by atoms with van der Waals surface area (Å²) in [5.41, 5.74) is -16.8. The van der Waals surface area contributed by atoms with Gasteiger partial charge < -0.3 is 15.0 Å². The monoisotopic (exact) mass is 957 g/mol. The Morgan fingerprint density at radius 1 is 0.403 bits per heavy atom. The predicted octanol–water partition coefficient (Wildman–Crippen LogP) is 10.5. The summed E-state index contributed by atoms with van der Waals surface area (Å²) < 4.78 is 225. The van der Waals surface area contributed by atoms with Gasteiger partial charge in [-0.15, -0.1) is 16.7 Å². The van der Waals surface area contributed by atoms with Gasteiger partial charge in [-0.05, 0) is 64.9 Å². The van der Waals surface area contributed by atoms with Crippen LogP contribution in [-0.2, 0) is 12.8 Å². The maximum absolute atomic E-state index is 15.7. The summed E-state index contributed by atoms with van der Waals surface area (Å²) in [5.74, 6) is -38.3. The Morgan fingerprint density at radius 3 is 1.09 bits per heavy atom. The van der Waals surface area contributed by atoms with Crippen molar-refractivity contribution in [1.82, 2.24) is 24.9 Å². The molecule has 0 radical (unpaired) electrons. The summed E-state index contributed by atoms with van der Waals surface area (Å²) in [6, 6.07) is 7.27. The Balaban J connectivity index is 0.000000882. The zero-order valence-corrected chi connectivity index (χ0v) is 33.7. The first kappa shape index (κ1) is 47.6. The largest absolute Gasteiger partial charge is 3.00 e. The number of carbonyl (C=O) groups excluding carboxylic acids is 2. The van der Waals surface area contributed by atoms with Gasteiger partial charge in [0, 0.05) is 12.4 Å². The molecule has 0 saturated carbocycles. The van der Waals surface area contributed by atoms with Crippen LogP contribution in [0.25, 0.3) is 67.6 Å². The van der Waals surface area contributed by atoms with Crippen LogP contribution in [0, 0.1) is 87.3 Å². The van der Waals surface area contributed by atoms with E-state index < -0.39 is 189 Å². The molecule has 9 rings (SSSR count). The van der Waals surface area contributed by atoms with Crippen LogP contribution in [0.4, 0.5) is 65.9 Å². The number of carbonyl (C=O) groups is 2. The molecule has 67 heavy (non-hydrogen) atoms. The molecule has 7 nitrogen and oxygen atoms in total. The molecule has 0 fully saturated rings. The van der Waals surface area contributed by atoms with E-state index in [1.165, 1.54) is 0 Å². The van der Waals surface area contributed by atoms with E-state index in [4.69, 9.17) is 0 Å². The van der Waals surface area contributed by atoms with Gasteiger partial charge in [0.15, 0.2) is 69.8 Å². The number of aryl methyl sites for hydroxylation is 2. The smallest absolute Gasteiger partial charge is 0.664 e. The molecule has 0 spiro atoms. The molecule has 6 heterocycles. The molecule has 2 aliphatic heterocycles. The van der Waals surface area contributed by atoms with Crippen molar-refractivity contribution in [2.24, 2.45) is 0 Å². The molecule has 0 atom stereocenters. The number of benzene rings is 3. The van der Waals surface area contributed by atoms with Crippen molar-refractivity contribution in [1.29, 1.82) is 0 Å². The second kappa shape index (κ2) is 18.1. The minimum atomic E-state index is -2.66. The molecule has 0 amide bonds. The number of halogens is 15. The van der Waals surface area contributed by atoms with Crippen molar-refractivity contribution >= 4 is 64.2 Å². The molecule has 2 aliphatic rings. The van der Waals surface area contributed by atoms with E-state index in [9.17, 15) is 49.1 Å². The van der Waals surface area contributed by atoms with Crippen molar-refractivity contribution < 1.29 is 75.4 Å². The summed E-state index contributed by atoms with van der Waals surface area (Å²) in [5, 5.41) is 0. The Kier molecular flexibility index (Phi) is 12.9. The SMILES string of the molecule is O=Cc1cc2[n-]c1c(-c1c(F)c(F)c(F)c(F)c1F)c1nc(c(-c3c(F)c(F)c(F)c(F)c3F)c3[n-]c(c(-c4c(F)c(F)c(F)c(F)c4F)c4[n-]c2cc4C=O)CC3)C=C1.[Al+3].c1ccncc1. The summed E-state index contributed by atoms with van der Waals surface area (Å²) in [7, 11) is 0. The average molecular weight is 958 g/mol. The average Bonchev–Trinajstić information content (AvgIpc) is 4.17. The number of aromatic nitrogens is 5. The second-order valence-electron chi connectivity index (χ2n) is 13.8. The normalized spacial score (nSPS) is 11.9. The maximum atomic E-state index is 15.7. The van der Waals surface area contributed by atoms with E-state index in [-0.39, 0.29) is 29.9 Å². The zero-order chi connectivity index (χ0) is 47.6. The fourth-order valence-corrected chi connectivity index (χ4v) is 7.20. The maximum Gasteiger partial charge on any atom is 3.00 e. The molecule has 8 bridgehead atoms. The van der Waals surface area contributed by atoms with Gasteiger partial charge >= 0.3 is 17.4 Å². The van der Waals surface area contributed by atoms with E-state index in [1.54, 1.807) is 12.4 Å². The van der Waals surface area contributed by atoms with E-state index in [2.05, 4.69) is 24.9 Å². The van der Waals surface area contributed by atoms with Gasteiger partial charge in [-0.2, -0.15) is 16.7 Å². The van der Waals surface area contributed by atoms with Crippen LogP contribution < -0.4 is 15.0 Å². The molecule has 0 unspecified atom stereocenters. The van der Waals surface area contributed by atoms with Gasteiger partial charge in [0.1, 0.15) is 12.6 Å². The summed E-state index contributed by atoms with van der Waals surface area (Å²) in [6.45, 7) is 0. The van der Waals surface area contributed by atoms with Crippen LogP contribution in [0.3, 0.4) is 0 Å². The fourth-order valence-electron chi connectivity index (χ4n) is 7.20. The Labute approximate surface area is 373 Å². The molecule has 4 aromatic heterocycles. The first-order valence-corrected chi connectivity index (χ1v) is 18.3. The summed E-state index contributed by atoms with van der Waals surface area (Å²) >= 11 is 0. The minimum absolute atomic E-state index is 0. The molecule has 0 saturated heterocycles. The number of aldehydes is 2. The van der Waals surface area contributed by atoms with E-state index >= 15 is 26.3 Å². The number of hydrogen-bond acceptors (Lipinski definition) is 4. The second-order valence-corrected chi connectivity index (χ2v) is 13.8. The third kappa shape index (κ3) is 7.66. The zero-order valence-electron chi connectivity index (χ0n) is 32.6. The van der Waals surface area contributed by atoms with Gasteiger partial charge in [0.2, 0.25) is 17.5 Å². The van der Waals surface area contributed by atoms with Gasteiger partial charge in [-0.3, -0.25) is 14.6 Å². The van der Waals surface area contributed by atoms with Crippen LogP contribution in [0.1, 0.15) is 43.5 Å². The van der Waals surface area contributed by atoms with E-state index in [1.807, 2.05) is 18.2 Å². The standard InChI is InChI=1S/C39H12F15N4O2.C5H5N.Al/c40-23-20(24(41)30(47)35(52)29(23)46)17-11-1-3-13(55-11)18(21-25(42)31(48)36(53)32(49)26(21)43)38-9(7-59)5-15(57-38)16-6-10(8-60)39(58-16)19(14-4-2-12(17)56-14)22-27(44)33(50)37(54)34(51)28(22)45;1-2-4-6-5-3-1;/h1,3,5-8H,2,4H2,(H2-,55,56,57,58,59,60);1-5H;/q-1;;+3/p-2. The summed E-state index contributed by atoms with van der Waals surface area (Å²) in [6.07, 6.45) is 3.31. The molecular weight excluding hydrogens is 942 g/mol. The van der Waals surface area contributed by atoms with Crippen LogP contribution in [0.5, 0.6) is 0 Å². The van der Waals surface area contributed by atoms with E-state index in [0.29, 0.717) is 12.2 Å². The molecule has 0 aliphatic carbocycles. The quantitative estimate of drug-likeness (QED) is 0.0557. The van der Waals surface area contributed by atoms with Gasteiger partial charge in [0.25, 0.3) is 0 Å². The molecule has 7 aromatic rings. The summed E-state index contributed by atoms with van der Waals surface area (Å²) in [4.78, 5) is 44.8. The predicted molar refractivity (Wildman–Crippen MR) is 207 cm³/mol. The van der Waals surface area contributed by atoms with Crippen LogP contribution >= 0.6 is 0 Å². The number of pyridine rings is 1. The number of hydrogen-bond donors (Lipinski definition) is 0. The van der Waals surface area contributed by atoms with Crippen LogP contribution in [0.2, 0.25) is 0 Å². The van der Waals surface area contributed by atoms with E-state index in [0.717, 1.165) is 12.1 Å². The Bertz CT molecular complexity index is 3330. The van der Waals surface area contributed by atoms with Crippen molar-refractivity contribution in [2.75, 3.05) is 0 Å². The van der Waals surface area contributed by atoms with Crippen LogP contribution in [-0.4, -0.2) is 39.9 Å². The molecule has 336 valence electrons. The topological polar surface area (TPSA) is 102 Å². The van der Waals surface area contributed by atoms with Crippen LogP contribution in [0.15, 0.2) is 42.7 Å². The first-order valence-electron chi connectivity index (χ1n) is 18.3. The fraction of sp³-hybridized carbons (Fsp3) is 0.0455. The van der Waals surface area contributed by atoms with Gasteiger partial charge in [0.05, 0.1) is 28.1 Å². The van der Waals surface area contributed by atoms with Gasteiger partial charge in [-0.25, -0.2) is 70.8 Å².